The molecular formula is C16H27N3O. The molecular weight excluding hydrogens is 250 g/mol. The first-order valence-corrected chi connectivity index (χ1v) is 7.33. The SMILES string of the molecule is CCCCCN(C)C(C)C(=O)Nc1cc(N)ccc1C. The predicted octanol–water partition coefficient (Wildman–Crippen LogP) is 3.03. The Hall–Kier alpha value is -1.55. The second-order valence-corrected chi connectivity index (χ2v) is 5.43. The molecule has 0 radical (unpaired) electrons. The zero-order valence-electron chi connectivity index (χ0n) is 13.1. The second kappa shape index (κ2) is 7.90. The lowest BCUT2D eigenvalue weighted by atomic mass is 10.1. The molecule has 0 aromatic heterocycles. The monoisotopic (exact) mass is 277 g/mol. The third-order valence-electron chi connectivity index (χ3n) is 3.67. The van der Waals surface area contributed by atoms with Gasteiger partial charge in [0.25, 0.3) is 0 Å². The quantitative estimate of drug-likeness (QED) is 0.595. The summed E-state index contributed by atoms with van der Waals surface area (Å²) in [6.45, 7) is 7.02. The molecule has 4 heteroatoms. The van der Waals surface area contributed by atoms with Gasteiger partial charge in [0.2, 0.25) is 5.91 Å². The molecule has 0 heterocycles. The molecule has 0 aliphatic heterocycles. The van der Waals surface area contributed by atoms with E-state index in [9.17, 15) is 4.79 Å². The number of nitrogens with one attached hydrogen (secondary N) is 1. The highest BCUT2D eigenvalue weighted by Gasteiger charge is 2.18. The minimum atomic E-state index is -0.146. The Morgan fingerprint density at radius 1 is 1.40 bits per heavy atom. The van der Waals surface area contributed by atoms with Gasteiger partial charge < -0.3 is 11.1 Å². The lowest BCUT2D eigenvalue weighted by Crippen LogP contribution is -2.40. The molecule has 0 saturated heterocycles. The van der Waals surface area contributed by atoms with Crippen LogP contribution < -0.4 is 11.1 Å². The van der Waals surface area contributed by atoms with Crippen LogP contribution in [0.4, 0.5) is 11.4 Å². The molecule has 20 heavy (non-hydrogen) atoms. The standard InChI is InChI=1S/C16H27N3O/c1-5-6-7-10-19(4)13(3)16(20)18-15-11-14(17)9-8-12(15)2/h8-9,11,13H,5-7,10,17H2,1-4H3,(H,18,20). The maximum Gasteiger partial charge on any atom is 0.241 e. The summed E-state index contributed by atoms with van der Waals surface area (Å²) < 4.78 is 0. The lowest BCUT2D eigenvalue weighted by Gasteiger charge is -2.24. The van der Waals surface area contributed by atoms with Crippen molar-refractivity contribution in [3.8, 4) is 0 Å². The molecule has 0 bridgehead atoms. The molecule has 1 aromatic rings. The number of rotatable bonds is 7. The molecule has 0 saturated carbocycles. The van der Waals surface area contributed by atoms with Gasteiger partial charge >= 0.3 is 0 Å². The van der Waals surface area contributed by atoms with E-state index in [0.717, 1.165) is 24.2 Å². The zero-order valence-corrected chi connectivity index (χ0v) is 13.1. The van der Waals surface area contributed by atoms with Crippen LogP contribution in [0.5, 0.6) is 0 Å². The molecule has 0 aliphatic rings. The van der Waals surface area contributed by atoms with Crippen LogP contribution >= 0.6 is 0 Å². The van der Waals surface area contributed by atoms with Gasteiger partial charge in [-0.15, -0.1) is 0 Å². The minimum absolute atomic E-state index is 0.0118. The average Bonchev–Trinajstić information content (AvgIpc) is 2.42. The number of carbonyl (C=O) groups is 1. The Morgan fingerprint density at radius 3 is 2.75 bits per heavy atom. The summed E-state index contributed by atoms with van der Waals surface area (Å²) in [5.74, 6) is 0.0118. The van der Waals surface area contributed by atoms with Gasteiger partial charge in [-0.3, -0.25) is 9.69 Å². The molecule has 0 spiro atoms. The van der Waals surface area contributed by atoms with E-state index < -0.39 is 0 Å². The van der Waals surface area contributed by atoms with Crippen molar-refractivity contribution in [3.63, 3.8) is 0 Å². The van der Waals surface area contributed by atoms with Crippen molar-refractivity contribution >= 4 is 17.3 Å². The molecule has 3 N–H and O–H groups in total. The van der Waals surface area contributed by atoms with Crippen molar-refractivity contribution in [2.45, 2.75) is 46.1 Å². The van der Waals surface area contributed by atoms with Crippen LogP contribution in [0.1, 0.15) is 38.7 Å². The van der Waals surface area contributed by atoms with Crippen molar-refractivity contribution in [1.29, 1.82) is 0 Å². The Labute approximate surface area is 122 Å². The highest BCUT2D eigenvalue weighted by atomic mass is 16.2. The van der Waals surface area contributed by atoms with Gasteiger partial charge in [0.1, 0.15) is 0 Å². The summed E-state index contributed by atoms with van der Waals surface area (Å²) in [4.78, 5) is 14.3. The topological polar surface area (TPSA) is 58.4 Å². The molecule has 1 amide bonds. The number of nitrogen functional groups attached to an aromatic ring is 1. The number of nitrogens with two attached hydrogens (primary N) is 1. The number of hydrogen-bond donors (Lipinski definition) is 2. The van der Waals surface area contributed by atoms with Crippen molar-refractivity contribution in [1.82, 2.24) is 4.90 Å². The largest absolute Gasteiger partial charge is 0.399 e. The highest BCUT2D eigenvalue weighted by molar-refractivity contribution is 5.95. The number of unbranched alkanes of at least 4 members (excludes halogenated alkanes) is 2. The zero-order chi connectivity index (χ0) is 15.1. The van der Waals surface area contributed by atoms with Crippen LogP contribution in [0, 0.1) is 6.92 Å². The van der Waals surface area contributed by atoms with Gasteiger partial charge in [0.15, 0.2) is 0 Å². The van der Waals surface area contributed by atoms with Crippen LogP contribution in [0.15, 0.2) is 18.2 Å². The second-order valence-electron chi connectivity index (χ2n) is 5.43. The fraction of sp³-hybridized carbons (Fsp3) is 0.562. The van der Waals surface area contributed by atoms with E-state index in [-0.39, 0.29) is 11.9 Å². The first kappa shape index (κ1) is 16.5. The van der Waals surface area contributed by atoms with E-state index in [1.807, 2.05) is 33.0 Å². The Morgan fingerprint density at radius 2 is 2.10 bits per heavy atom. The van der Waals surface area contributed by atoms with E-state index in [1.165, 1.54) is 12.8 Å². The summed E-state index contributed by atoms with van der Waals surface area (Å²) >= 11 is 0. The highest BCUT2D eigenvalue weighted by Crippen LogP contribution is 2.18. The van der Waals surface area contributed by atoms with Crippen LogP contribution in [0.25, 0.3) is 0 Å². The van der Waals surface area contributed by atoms with E-state index >= 15 is 0 Å². The maximum absolute atomic E-state index is 12.3. The Bertz CT molecular complexity index is 445. The first-order chi connectivity index (χ1) is 9.45. The van der Waals surface area contributed by atoms with Crippen molar-refractivity contribution < 1.29 is 4.79 Å². The molecule has 1 unspecified atom stereocenters. The number of nitrogens with zero attached hydrogens (tertiary/aromatic N) is 1. The minimum Gasteiger partial charge on any atom is -0.399 e. The van der Waals surface area contributed by atoms with Gasteiger partial charge in [-0.2, -0.15) is 0 Å². The lowest BCUT2D eigenvalue weighted by molar-refractivity contribution is -0.120. The third-order valence-corrected chi connectivity index (χ3v) is 3.67. The van der Waals surface area contributed by atoms with Crippen molar-refractivity contribution in [2.24, 2.45) is 0 Å². The van der Waals surface area contributed by atoms with E-state index in [2.05, 4.69) is 17.1 Å². The average molecular weight is 277 g/mol. The van der Waals surface area contributed by atoms with Crippen molar-refractivity contribution in [2.75, 3.05) is 24.6 Å². The van der Waals surface area contributed by atoms with Gasteiger partial charge in [-0.25, -0.2) is 0 Å². The smallest absolute Gasteiger partial charge is 0.241 e. The van der Waals surface area contributed by atoms with Crippen LogP contribution in [0.2, 0.25) is 0 Å². The van der Waals surface area contributed by atoms with Gasteiger partial charge in [0, 0.05) is 11.4 Å². The number of benzene rings is 1. The van der Waals surface area contributed by atoms with E-state index in [0.29, 0.717) is 5.69 Å². The Balaban J connectivity index is 2.58. The molecule has 1 atom stereocenters. The normalized spacial score (nSPS) is 12.4. The summed E-state index contributed by atoms with van der Waals surface area (Å²) in [6.07, 6.45) is 3.52. The number of amides is 1. The van der Waals surface area contributed by atoms with Crippen LogP contribution in [0.3, 0.4) is 0 Å². The molecule has 1 rings (SSSR count). The number of carbonyl (C=O) groups excluding carboxylic acids is 1. The maximum atomic E-state index is 12.3. The third kappa shape index (κ3) is 4.85. The number of likely N-dealkylation sites (N-methyl/N-ethyl adjacent to an activating group) is 1. The summed E-state index contributed by atoms with van der Waals surface area (Å²) in [5, 5.41) is 2.96. The molecule has 4 nitrogen and oxygen atoms in total. The van der Waals surface area contributed by atoms with Crippen LogP contribution in [-0.2, 0) is 4.79 Å². The summed E-state index contributed by atoms with van der Waals surface area (Å²) in [5.41, 5.74) is 8.24. The summed E-state index contributed by atoms with van der Waals surface area (Å²) in [6, 6.07) is 5.41. The summed E-state index contributed by atoms with van der Waals surface area (Å²) in [7, 11) is 1.99. The van der Waals surface area contributed by atoms with Gasteiger partial charge in [0.05, 0.1) is 6.04 Å². The molecule has 112 valence electrons. The first-order valence-electron chi connectivity index (χ1n) is 7.33. The molecule has 0 fully saturated rings. The van der Waals surface area contributed by atoms with Crippen LogP contribution in [-0.4, -0.2) is 30.4 Å². The Kier molecular flexibility index (Phi) is 6.52. The van der Waals surface area contributed by atoms with Gasteiger partial charge in [-0.1, -0.05) is 25.8 Å². The fourth-order valence-corrected chi connectivity index (χ4v) is 2.02. The molecule has 1 aromatic carbocycles. The number of aryl methyl sites for hydroxylation is 1. The van der Waals surface area contributed by atoms with Crippen molar-refractivity contribution in [3.05, 3.63) is 23.8 Å². The fourth-order valence-electron chi connectivity index (χ4n) is 2.02. The predicted molar refractivity (Wildman–Crippen MR) is 85.8 cm³/mol. The van der Waals surface area contributed by atoms with E-state index in [4.69, 9.17) is 5.73 Å². The van der Waals surface area contributed by atoms with Gasteiger partial charge in [-0.05, 0) is 51.6 Å². The number of hydrogen-bond acceptors (Lipinski definition) is 3. The number of anilines is 2. The molecule has 0 aliphatic carbocycles. The van der Waals surface area contributed by atoms with E-state index in [1.54, 1.807) is 6.07 Å².